The first kappa shape index (κ1) is 21.3. The summed E-state index contributed by atoms with van der Waals surface area (Å²) in [5.74, 6) is 0.147. The van der Waals surface area contributed by atoms with Crippen LogP contribution in [0, 0.1) is 12.8 Å². The maximum atomic E-state index is 13.1. The standard InChI is InChI=1S/C24H24N4O4/c1-4-14(2)22(29)26-17-8-5-7-16(11-17)13-25-23(30)18-12-19(20-9-6-10-31-20)27-24-21(18)15(3)28-32-24/h5-12,14H,4,13H2,1-3H3,(H,25,30)(H,26,29). The molecule has 8 nitrogen and oxygen atoms in total. The molecule has 32 heavy (non-hydrogen) atoms. The largest absolute Gasteiger partial charge is 0.463 e. The molecule has 2 amide bonds. The number of nitrogens with zero attached hydrogens (tertiary/aromatic N) is 2. The smallest absolute Gasteiger partial charge is 0.259 e. The fraction of sp³-hybridized carbons (Fsp3) is 0.250. The third-order valence-corrected chi connectivity index (χ3v) is 5.34. The zero-order valence-corrected chi connectivity index (χ0v) is 18.1. The Kier molecular flexibility index (Phi) is 6.02. The van der Waals surface area contributed by atoms with Crippen LogP contribution < -0.4 is 10.6 Å². The van der Waals surface area contributed by atoms with Crippen molar-refractivity contribution in [3.8, 4) is 11.5 Å². The van der Waals surface area contributed by atoms with Crippen molar-refractivity contribution in [2.75, 3.05) is 5.32 Å². The molecular weight excluding hydrogens is 408 g/mol. The van der Waals surface area contributed by atoms with E-state index >= 15 is 0 Å². The van der Waals surface area contributed by atoms with Crippen molar-refractivity contribution < 1.29 is 18.5 Å². The Bertz CT molecular complexity index is 1260. The van der Waals surface area contributed by atoms with Gasteiger partial charge in [-0.2, -0.15) is 0 Å². The summed E-state index contributed by atoms with van der Waals surface area (Å²) in [6.45, 7) is 5.91. The van der Waals surface area contributed by atoms with Gasteiger partial charge in [0.1, 0.15) is 5.69 Å². The molecule has 2 N–H and O–H groups in total. The fourth-order valence-electron chi connectivity index (χ4n) is 3.31. The fourth-order valence-corrected chi connectivity index (χ4v) is 3.31. The van der Waals surface area contributed by atoms with Crippen molar-refractivity contribution in [3.05, 3.63) is 65.5 Å². The number of pyridine rings is 1. The predicted octanol–water partition coefficient (Wildman–Crippen LogP) is 4.71. The zero-order chi connectivity index (χ0) is 22.7. The van der Waals surface area contributed by atoms with Crippen LogP contribution in [0.25, 0.3) is 22.6 Å². The second kappa shape index (κ2) is 9.05. The van der Waals surface area contributed by atoms with E-state index in [-0.39, 0.29) is 30.0 Å². The van der Waals surface area contributed by atoms with Gasteiger partial charge in [-0.25, -0.2) is 4.98 Å². The van der Waals surface area contributed by atoms with Gasteiger partial charge >= 0.3 is 0 Å². The Morgan fingerprint density at radius 3 is 2.75 bits per heavy atom. The molecule has 0 aliphatic carbocycles. The van der Waals surface area contributed by atoms with Crippen molar-refractivity contribution in [1.29, 1.82) is 0 Å². The van der Waals surface area contributed by atoms with Crippen LogP contribution in [0.15, 0.2) is 57.7 Å². The molecule has 3 aromatic heterocycles. The molecular formula is C24H24N4O4. The lowest BCUT2D eigenvalue weighted by Crippen LogP contribution is -2.23. The van der Waals surface area contributed by atoms with E-state index in [1.54, 1.807) is 31.4 Å². The second-order valence-corrected chi connectivity index (χ2v) is 7.66. The van der Waals surface area contributed by atoms with E-state index < -0.39 is 0 Å². The number of aryl methyl sites for hydroxylation is 1. The summed E-state index contributed by atoms with van der Waals surface area (Å²) >= 11 is 0. The Morgan fingerprint density at radius 1 is 1.16 bits per heavy atom. The molecule has 164 valence electrons. The number of anilines is 1. The van der Waals surface area contributed by atoms with Crippen LogP contribution in [0.3, 0.4) is 0 Å². The van der Waals surface area contributed by atoms with Gasteiger partial charge in [0.2, 0.25) is 5.91 Å². The number of rotatable bonds is 7. The molecule has 0 bridgehead atoms. The van der Waals surface area contributed by atoms with Gasteiger partial charge in [0, 0.05) is 18.2 Å². The molecule has 0 spiro atoms. The Labute approximate surface area is 185 Å². The highest BCUT2D eigenvalue weighted by atomic mass is 16.5. The zero-order valence-electron chi connectivity index (χ0n) is 18.1. The molecule has 0 aliphatic heterocycles. The summed E-state index contributed by atoms with van der Waals surface area (Å²) in [5, 5.41) is 10.4. The molecule has 3 heterocycles. The number of benzene rings is 1. The predicted molar refractivity (Wildman–Crippen MR) is 120 cm³/mol. The molecule has 1 aromatic carbocycles. The number of carbonyl (C=O) groups excluding carboxylic acids is 2. The van der Waals surface area contributed by atoms with Crippen molar-refractivity contribution >= 4 is 28.6 Å². The SMILES string of the molecule is CCC(C)C(=O)Nc1cccc(CNC(=O)c2cc(-c3ccco3)nc3onc(C)c23)c1. The summed E-state index contributed by atoms with van der Waals surface area (Å²) in [5.41, 5.74) is 3.30. The van der Waals surface area contributed by atoms with Crippen LogP contribution in [0.2, 0.25) is 0 Å². The van der Waals surface area contributed by atoms with Crippen molar-refractivity contribution in [2.24, 2.45) is 5.92 Å². The van der Waals surface area contributed by atoms with Gasteiger partial charge in [-0.1, -0.05) is 31.1 Å². The van der Waals surface area contributed by atoms with E-state index in [1.807, 2.05) is 38.1 Å². The number of carbonyl (C=O) groups is 2. The van der Waals surface area contributed by atoms with Gasteiger partial charge in [0.05, 0.1) is 22.9 Å². The number of fused-ring (bicyclic) bond motifs is 1. The maximum Gasteiger partial charge on any atom is 0.259 e. The van der Waals surface area contributed by atoms with E-state index in [9.17, 15) is 9.59 Å². The van der Waals surface area contributed by atoms with Crippen molar-refractivity contribution in [2.45, 2.75) is 33.7 Å². The summed E-state index contributed by atoms with van der Waals surface area (Å²) in [6.07, 6.45) is 2.31. The summed E-state index contributed by atoms with van der Waals surface area (Å²) in [6, 6.07) is 12.6. The molecule has 0 aliphatic rings. The number of aromatic nitrogens is 2. The number of furan rings is 1. The van der Waals surface area contributed by atoms with Crippen LogP contribution in [0.5, 0.6) is 0 Å². The minimum atomic E-state index is -0.287. The van der Waals surface area contributed by atoms with Crippen molar-refractivity contribution in [3.63, 3.8) is 0 Å². The lowest BCUT2D eigenvalue weighted by molar-refractivity contribution is -0.119. The van der Waals surface area contributed by atoms with E-state index in [1.165, 1.54) is 0 Å². The third-order valence-electron chi connectivity index (χ3n) is 5.34. The molecule has 8 heteroatoms. The molecule has 0 fully saturated rings. The molecule has 4 aromatic rings. The first-order chi connectivity index (χ1) is 15.5. The van der Waals surface area contributed by atoms with Crippen LogP contribution in [0.4, 0.5) is 5.69 Å². The third kappa shape index (κ3) is 4.39. The van der Waals surface area contributed by atoms with E-state index in [4.69, 9.17) is 8.94 Å². The highest BCUT2D eigenvalue weighted by Crippen LogP contribution is 2.27. The lowest BCUT2D eigenvalue weighted by atomic mass is 10.1. The molecule has 4 rings (SSSR count). The Hall–Kier alpha value is -3.94. The van der Waals surface area contributed by atoms with Crippen LogP contribution in [-0.4, -0.2) is 22.0 Å². The maximum absolute atomic E-state index is 13.1. The minimum Gasteiger partial charge on any atom is -0.463 e. The summed E-state index contributed by atoms with van der Waals surface area (Å²) in [7, 11) is 0. The summed E-state index contributed by atoms with van der Waals surface area (Å²) < 4.78 is 10.7. The number of hydrogen-bond acceptors (Lipinski definition) is 6. The van der Waals surface area contributed by atoms with Crippen LogP contribution >= 0.6 is 0 Å². The van der Waals surface area contributed by atoms with Crippen LogP contribution in [0.1, 0.15) is 41.9 Å². The van der Waals surface area contributed by atoms with E-state index in [0.717, 1.165) is 12.0 Å². The normalized spacial score (nSPS) is 12.0. The number of amides is 2. The topological polar surface area (TPSA) is 110 Å². The van der Waals surface area contributed by atoms with Gasteiger partial charge in [0.15, 0.2) is 5.76 Å². The van der Waals surface area contributed by atoms with Gasteiger partial charge in [-0.3, -0.25) is 9.59 Å². The minimum absolute atomic E-state index is 0.0266. The van der Waals surface area contributed by atoms with Gasteiger partial charge in [-0.05, 0) is 49.2 Å². The van der Waals surface area contributed by atoms with E-state index in [0.29, 0.717) is 33.8 Å². The van der Waals surface area contributed by atoms with Crippen molar-refractivity contribution in [1.82, 2.24) is 15.5 Å². The van der Waals surface area contributed by atoms with Gasteiger partial charge in [-0.15, -0.1) is 0 Å². The monoisotopic (exact) mass is 432 g/mol. The molecule has 1 unspecified atom stereocenters. The Morgan fingerprint density at radius 2 is 2.00 bits per heavy atom. The molecule has 1 atom stereocenters. The second-order valence-electron chi connectivity index (χ2n) is 7.66. The number of nitrogens with one attached hydrogen (secondary N) is 2. The van der Waals surface area contributed by atoms with Gasteiger partial charge in [0.25, 0.3) is 11.6 Å². The van der Waals surface area contributed by atoms with Crippen LogP contribution in [-0.2, 0) is 11.3 Å². The average Bonchev–Trinajstić information content (AvgIpc) is 3.47. The average molecular weight is 432 g/mol. The van der Waals surface area contributed by atoms with Gasteiger partial charge < -0.3 is 19.6 Å². The number of hydrogen-bond donors (Lipinski definition) is 2. The molecule has 0 saturated heterocycles. The molecule has 0 radical (unpaired) electrons. The highest BCUT2D eigenvalue weighted by Gasteiger charge is 2.20. The Balaban J connectivity index is 1.54. The molecule has 0 saturated carbocycles. The first-order valence-electron chi connectivity index (χ1n) is 10.4. The first-order valence-corrected chi connectivity index (χ1v) is 10.4. The summed E-state index contributed by atoms with van der Waals surface area (Å²) in [4.78, 5) is 29.7. The lowest BCUT2D eigenvalue weighted by Gasteiger charge is -2.12. The van der Waals surface area contributed by atoms with E-state index in [2.05, 4.69) is 20.8 Å². The highest BCUT2D eigenvalue weighted by molar-refractivity contribution is 6.06. The quantitative estimate of drug-likeness (QED) is 0.438.